The number of hydrogen-bond donors (Lipinski definition) is 1. The molecule has 2 aromatic carbocycles. The van der Waals surface area contributed by atoms with E-state index in [0.29, 0.717) is 5.92 Å². The first-order valence-electron chi connectivity index (χ1n) is 5.95. The Morgan fingerprint density at radius 3 is 2.47 bits per heavy atom. The van der Waals surface area contributed by atoms with Crippen LogP contribution >= 0.6 is 0 Å². The molecule has 1 N–H and O–H groups in total. The average molecular weight is 230 g/mol. The number of aliphatic hydroxyl groups is 1. The van der Waals surface area contributed by atoms with Crippen LogP contribution in [0.5, 0.6) is 5.75 Å². The quantitative estimate of drug-likeness (QED) is 0.872. The molecule has 0 heterocycles. The molecule has 0 amide bonds. The van der Waals surface area contributed by atoms with Crippen LogP contribution in [0, 0.1) is 5.92 Å². The van der Waals surface area contributed by atoms with Gasteiger partial charge in [0, 0.05) is 0 Å². The zero-order valence-corrected chi connectivity index (χ0v) is 10.3. The molecule has 0 atom stereocenters. The molecule has 90 valence electrons. The molecule has 0 aromatic heterocycles. The van der Waals surface area contributed by atoms with E-state index >= 15 is 0 Å². The Bertz CT molecular complexity index is 503. The Balaban J connectivity index is 2.25. The minimum Gasteiger partial charge on any atom is -0.493 e. The standard InChI is InChI=1S/C15H18O2/c1-11(2)10-17-15-6-5-13-7-12(9-16)3-4-14(13)8-15/h3-8,11,16H,9-10H2,1-2H3. The van der Waals surface area contributed by atoms with E-state index in [1.165, 1.54) is 0 Å². The highest BCUT2D eigenvalue weighted by Crippen LogP contribution is 2.22. The van der Waals surface area contributed by atoms with Gasteiger partial charge >= 0.3 is 0 Å². The third kappa shape index (κ3) is 2.98. The van der Waals surface area contributed by atoms with Gasteiger partial charge < -0.3 is 9.84 Å². The zero-order valence-electron chi connectivity index (χ0n) is 10.3. The summed E-state index contributed by atoms with van der Waals surface area (Å²) in [5, 5.41) is 11.3. The Labute approximate surface area is 102 Å². The number of fused-ring (bicyclic) bond motifs is 1. The lowest BCUT2D eigenvalue weighted by atomic mass is 10.1. The van der Waals surface area contributed by atoms with Gasteiger partial charge in [-0.15, -0.1) is 0 Å². The molecular formula is C15H18O2. The molecule has 0 bridgehead atoms. The van der Waals surface area contributed by atoms with Crippen molar-refractivity contribution in [3.05, 3.63) is 42.0 Å². The highest BCUT2D eigenvalue weighted by Gasteiger charge is 2.00. The van der Waals surface area contributed by atoms with Crippen LogP contribution in [0.2, 0.25) is 0 Å². The Morgan fingerprint density at radius 1 is 1.06 bits per heavy atom. The molecule has 0 spiro atoms. The summed E-state index contributed by atoms with van der Waals surface area (Å²) in [4.78, 5) is 0. The van der Waals surface area contributed by atoms with Crippen molar-refractivity contribution in [2.24, 2.45) is 5.92 Å². The van der Waals surface area contributed by atoms with Gasteiger partial charge in [0.05, 0.1) is 13.2 Å². The van der Waals surface area contributed by atoms with Crippen LogP contribution in [0.15, 0.2) is 36.4 Å². The first-order valence-corrected chi connectivity index (χ1v) is 5.95. The molecular weight excluding hydrogens is 212 g/mol. The van der Waals surface area contributed by atoms with E-state index in [-0.39, 0.29) is 6.61 Å². The first-order chi connectivity index (χ1) is 8.19. The number of aliphatic hydroxyl groups excluding tert-OH is 1. The summed E-state index contributed by atoms with van der Waals surface area (Å²) >= 11 is 0. The molecule has 0 unspecified atom stereocenters. The Morgan fingerprint density at radius 2 is 1.76 bits per heavy atom. The van der Waals surface area contributed by atoms with Crippen molar-refractivity contribution < 1.29 is 9.84 Å². The second-order valence-corrected chi connectivity index (χ2v) is 4.71. The van der Waals surface area contributed by atoms with Gasteiger partial charge in [0.15, 0.2) is 0 Å². The van der Waals surface area contributed by atoms with E-state index in [2.05, 4.69) is 13.8 Å². The molecule has 0 radical (unpaired) electrons. The maximum absolute atomic E-state index is 9.07. The van der Waals surface area contributed by atoms with Crippen LogP contribution in [-0.4, -0.2) is 11.7 Å². The van der Waals surface area contributed by atoms with E-state index in [4.69, 9.17) is 9.84 Å². The monoisotopic (exact) mass is 230 g/mol. The second-order valence-electron chi connectivity index (χ2n) is 4.71. The number of ether oxygens (including phenoxy) is 1. The Hall–Kier alpha value is -1.54. The van der Waals surface area contributed by atoms with Crippen LogP contribution in [0.25, 0.3) is 10.8 Å². The minimum absolute atomic E-state index is 0.0849. The molecule has 0 aliphatic heterocycles. The highest BCUT2D eigenvalue weighted by atomic mass is 16.5. The van der Waals surface area contributed by atoms with Gasteiger partial charge in [-0.05, 0) is 40.5 Å². The summed E-state index contributed by atoms with van der Waals surface area (Å²) in [6.07, 6.45) is 0. The molecule has 2 nitrogen and oxygen atoms in total. The van der Waals surface area contributed by atoms with E-state index in [0.717, 1.165) is 28.7 Å². The third-order valence-electron chi connectivity index (χ3n) is 2.64. The maximum atomic E-state index is 9.07. The molecule has 17 heavy (non-hydrogen) atoms. The van der Waals surface area contributed by atoms with E-state index in [1.807, 2.05) is 36.4 Å². The van der Waals surface area contributed by atoms with Crippen molar-refractivity contribution >= 4 is 10.8 Å². The lowest BCUT2D eigenvalue weighted by molar-refractivity contribution is 0.271. The van der Waals surface area contributed by atoms with Gasteiger partial charge in [-0.2, -0.15) is 0 Å². The first kappa shape index (κ1) is 11.9. The van der Waals surface area contributed by atoms with Crippen LogP contribution in [0.3, 0.4) is 0 Å². The van der Waals surface area contributed by atoms with Crippen LogP contribution < -0.4 is 4.74 Å². The van der Waals surface area contributed by atoms with Crippen molar-refractivity contribution in [1.29, 1.82) is 0 Å². The van der Waals surface area contributed by atoms with Crippen molar-refractivity contribution in [1.82, 2.24) is 0 Å². The van der Waals surface area contributed by atoms with Gasteiger partial charge in [-0.1, -0.05) is 32.0 Å². The summed E-state index contributed by atoms with van der Waals surface area (Å²) < 4.78 is 5.68. The fourth-order valence-electron chi connectivity index (χ4n) is 1.72. The molecule has 2 rings (SSSR count). The van der Waals surface area contributed by atoms with Crippen LogP contribution in [0.1, 0.15) is 19.4 Å². The van der Waals surface area contributed by atoms with Gasteiger partial charge in [-0.25, -0.2) is 0 Å². The lowest BCUT2D eigenvalue weighted by Gasteiger charge is -2.09. The summed E-state index contributed by atoms with van der Waals surface area (Å²) in [6, 6.07) is 12.0. The van der Waals surface area contributed by atoms with Crippen LogP contribution in [-0.2, 0) is 6.61 Å². The van der Waals surface area contributed by atoms with Crippen molar-refractivity contribution in [2.75, 3.05) is 6.61 Å². The SMILES string of the molecule is CC(C)COc1ccc2cc(CO)ccc2c1. The number of hydrogen-bond acceptors (Lipinski definition) is 2. The number of benzene rings is 2. The van der Waals surface area contributed by atoms with E-state index < -0.39 is 0 Å². The van der Waals surface area contributed by atoms with E-state index in [1.54, 1.807) is 0 Å². The van der Waals surface area contributed by atoms with E-state index in [9.17, 15) is 0 Å². The van der Waals surface area contributed by atoms with Gasteiger partial charge in [0.25, 0.3) is 0 Å². The van der Waals surface area contributed by atoms with Crippen molar-refractivity contribution in [3.8, 4) is 5.75 Å². The zero-order chi connectivity index (χ0) is 12.3. The average Bonchev–Trinajstić information content (AvgIpc) is 2.35. The van der Waals surface area contributed by atoms with Gasteiger partial charge in [-0.3, -0.25) is 0 Å². The predicted octanol–water partition coefficient (Wildman–Crippen LogP) is 3.37. The van der Waals surface area contributed by atoms with Gasteiger partial charge in [0.2, 0.25) is 0 Å². The van der Waals surface area contributed by atoms with Crippen molar-refractivity contribution in [3.63, 3.8) is 0 Å². The summed E-state index contributed by atoms with van der Waals surface area (Å²) in [6.45, 7) is 5.09. The lowest BCUT2D eigenvalue weighted by Crippen LogP contribution is -2.04. The normalized spacial score (nSPS) is 11.1. The Kier molecular flexibility index (Phi) is 3.64. The largest absolute Gasteiger partial charge is 0.493 e. The maximum Gasteiger partial charge on any atom is 0.119 e. The highest BCUT2D eigenvalue weighted by molar-refractivity contribution is 5.84. The smallest absolute Gasteiger partial charge is 0.119 e. The van der Waals surface area contributed by atoms with Gasteiger partial charge in [0.1, 0.15) is 5.75 Å². The summed E-state index contributed by atoms with van der Waals surface area (Å²) in [5.74, 6) is 1.44. The molecule has 2 heteroatoms. The molecule has 0 saturated heterocycles. The molecule has 0 aliphatic rings. The minimum atomic E-state index is 0.0849. The molecule has 2 aromatic rings. The fraction of sp³-hybridized carbons (Fsp3) is 0.333. The third-order valence-corrected chi connectivity index (χ3v) is 2.64. The molecule has 0 fully saturated rings. The molecule has 0 aliphatic carbocycles. The summed E-state index contributed by atoms with van der Waals surface area (Å²) in [7, 11) is 0. The predicted molar refractivity (Wildman–Crippen MR) is 70.2 cm³/mol. The van der Waals surface area contributed by atoms with Crippen LogP contribution in [0.4, 0.5) is 0 Å². The molecule has 0 saturated carbocycles. The second kappa shape index (κ2) is 5.19. The number of rotatable bonds is 4. The fourth-order valence-corrected chi connectivity index (χ4v) is 1.72. The summed E-state index contributed by atoms with van der Waals surface area (Å²) in [5.41, 5.74) is 0.938. The topological polar surface area (TPSA) is 29.5 Å². The van der Waals surface area contributed by atoms with Crippen molar-refractivity contribution in [2.45, 2.75) is 20.5 Å².